The van der Waals surface area contributed by atoms with Gasteiger partial charge >= 0.3 is 0 Å². The van der Waals surface area contributed by atoms with E-state index in [1.807, 2.05) is 0 Å². The summed E-state index contributed by atoms with van der Waals surface area (Å²) < 4.78 is 0. The monoisotopic (exact) mass is 252 g/mol. The zero-order valence-electron chi connectivity index (χ0n) is 10.5. The third-order valence-electron chi connectivity index (χ3n) is 3.32. The van der Waals surface area contributed by atoms with Crippen LogP contribution in [0, 0.1) is 5.92 Å². The Labute approximate surface area is 107 Å². The van der Waals surface area contributed by atoms with Crippen molar-refractivity contribution in [2.75, 3.05) is 19.6 Å². The van der Waals surface area contributed by atoms with Gasteiger partial charge in [-0.3, -0.25) is 4.79 Å². The van der Waals surface area contributed by atoms with Crippen molar-refractivity contribution in [3.05, 3.63) is 22.4 Å². The molecule has 1 atom stereocenters. The van der Waals surface area contributed by atoms with Crippen molar-refractivity contribution >= 4 is 17.2 Å². The Morgan fingerprint density at radius 2 is 2.47 bits per heavy atom. The van der Waals surface area contributed by atoms with E-state index in [-0.39, 0.29) is 17.2 Å². The molecule has 2 heterocycles. The highest BCUT2D eigenvalue weighted by atomic mass is 32.1. The van der Waals surface area contributed by atoms with Crippen molar-refractivity contribution in [3.63, 3.8) is 0 Å². The average Bonchev–Trinajstić information content (AvgIpc) is 2.97. The quantitative estimate of drug-likeness (QED) is 0.857. The van der Waals surface area contributed by atoms with Gasteiger partial charge in [0.25, 0.3) is 0 Å². The van der Waals surface area contributed by atoms with E-state index in [2.05, 4.69) is 42.0 Å². The smallest absolute Gasteiger partial charge is 0.224 e. The molecule has 1 amide bonds. The highest BCUT2D eigenvalue weighted by molar-refractivity contribution is 7.10. The molecule has 1 aliphatic rings. The molecule has 0 aromatic carbocycles. The number of hydrogen-bond donors (Lipinski definition) is 2. The van der Waals surface area contributed by atoms with Crippen LogP contribution in [0.25, 0.3) is 0 Å². The summed E-state index contributed by atoms with van der Waals surface area (Å²) in [6.45, 7) is 6.85. The van der Waals surface area contributed by atoms with Crippen molar-refractivity contribution in [1.29, 1.82) is 0 Å². The molecule has 0 radical (unpaired) electrons. The van der Waals surface area contributed by atoms with Crippen molar-refractivity contribution in [2.24, 2.45) is 5.92 Å². The van der Waals surface area contributed by atoms with E-state index in [9.17, 15) is 4.79 Å². The first-order valence-electron chi connectivity index (χ1n) is 6.12. The van der Waals surface area contributed by atoms with Gasteiger partial charge in [0.05, 0.1) is 5.92 Å². The summed E-state index contributed by atoms with van der Waals surface area (Å²) in [5.74, 6) is 0.355. The van der Waals surface area contributed by atoms with E-state index >= 15 is 0 Å². The zero-order chi connectivity index (χ0) is 12.3. The lowest BCUT2D eigenvalue weighted by Gasteiger charge is -2.24. The van der Waals surface area contributed by atoms with Crippen LogP contribution in [0.1, 0.15) is 25.1 Å². The van der Waals surface area contributed by atoms with Gasteiger partial charge in [-0.05, 0) is 24.4 Å². The Hall–Kier alpha value is -0.870. The lowest BCUT2D eigenvalue weighted by atomic mass is 9.91. The second-order valence-electron chi connectivity index (χ2n) is 5.27. The number of carbonyl (C=O) groups excluding carboxylic acids is 1. The minimum atomic E-state index is 0.0237. The molecule has 1 aliphatic heterocycles. The Kier molecular flexibility index (Phi) is 3.84. The molecule has 1 unspecified atom stereocenters. The SMILES string of the molecule is CC(C)(CNC(=O)C1CCNC1)c1cccs1. The molecule has 2 N–H and O–H groups in total. The van der Waals surface area contributed by atoms with Crippen LogP contribution in [-0.2, 0) is 10.2 Å². The number of thiophene rings is 1. The molecule has 1 saturated heterocycles. The topological polar surface area (TPSA) is 41.1 Å². The minimum Gasteiger partial charge on any atom is -0.355 e. The molecule has 2 rings (SSSR count). The van der Waals surface area contributed by atoms with Crippen molar-refractivity contribution in [2.45, 2.75) is 25.7 Å². The molecule has 3 nitrogen and oxygen atoms in total. The molecule has 17 heavy (non-hydrogen) atoms. The summed E-state index contributed by atoms with van der Waals surface area (Å²) in [6.07, 6.45) is 0.964. The van der Waals surface area contributed by atoms with Gasteiger partial charge in [-0.15, -0.1) is 11.3 Å². The molecule has 4 heteroatoms. The molecule has 1 aromatic rings. The van der Waals surface area contributed by atoms with E-state index in [1.54, 1.807) is 11.3 Å². The van der Waals surface area contributed by atoms with Gasteiger partial charge in [0, 0.05) is 23.4 Å². The summed E-state index contributed by atoms with van der Waals surface area (Å²) >= 11 is 1.75. The van der Waals surface area contributed by atoms with E-state index in [0.717, 1.165) is 19.5 Å². The van der Waals surface area contributed by atoms with E-state index in [1.165, 1.54) is 4.88 Å². The summed E-state index contributed by atoms with van der Waals surface area (Å²) in [7, 11) is 0. The highest BCUT2D eigenvalue weighted by Crippen LogP contribution is 2.26. The van der Waals surface area contributed by atoms with Gasteiger partial charge in [0.2, 0.25) is 5.91 Å². The standard InChI is InChI=1S/C13H20N2OS/c1-13(2,11-4-3-7-17-11)9-15-12(16)10-5-6-14-8-10/h3-4,7,10,14H,5-6,8-9H2,1-2H3,(H,15,16). The maximum Gasteiger partial charge on any atom is 0.224 e. The van der Waals surface area contributed by atoms with Crippen molar-refractivity contribution in [1.82, 2.24) is 10.6 Å². The summed E-state index contributed by atoms with van der Waals surface area (Å²) in [4.78, 5) is 13.2. The molecular weight excluding hydrogens is 232 g/mol. The molecule has 1 aromatic heterocycles. The van der Waals surface area contributed by atoms with Crippen LogP contribution >= 0.6 is 11.3 Å². The Bertz CT molecular complexity index is 367. The molecular formula is C13H20N2OS. The van der Waals surface area contributed by atoms with Gasteiger partial charge in [-0.2, -0.15) is 0 Å². The summed E-state index contributed by atoms with van der Waals surface area (Å²) in [6, 6.07) is 4.19. The molecule has 0 aliphatic carbocycles. The maximum atomic E-state index is 11.9. The largest absolute Gasteiger partial charge is 0.355 e. The molecule has 1 fully saturated rings. The first-order valence-corrected chi connectivity index (χ1v) is 7.00. The first kappa shape index (κ1) is 12.6. The number of carbonyl (C=O) groups is 1. The second-order valence-corrected chi connectivity index (χ2v) is 6.22. The zero-order valence-corrected chi connectivity index (χ0v) is 11.3. The van der Waals surface area contributed by atoms with Crippen LogP contribution in [0.15, 0.2) is 17.5 Å². The van der Waals surface area contributed by atoms with Gasteiger partial charge in [-0.1, -0.05) is 19.9 Å². The van der Waals surface area contributed by atoms with Crippen LogP contribution in [0.3, 0.4) is 0 Å². The molecule has 0 spiro atoms. The van der Waals surface area contributed by atoms with Crippen LogP contribution in [0.5, 0.6) is 0 Å². The fourth-order valence-electron chi connectivity index (χ4n) is 2.08. The Morgan fingerprint density at radius 1 is 1.65 bits per heavy atom. The van der Waals surface area contributed by atoms with E-state index < -0.39 is 0 Å². The van der Waals surface area contributed by atoms with Gasteiger partial charge < -0.3 is 10.6 Å². The Morgan fingerprint density at radius 3 is 3.06 bits per heavy atom. The summed E-state index contributed by atoms with van der Waals surface area (Å²) in [5, 5.41) is 8.38. The normalized spacial score (nSPS) is 20.5. The van der Waals surface area contributed by atoms with Gasteiger partial charge in [0.1, 0.15) is 0 Å². The number of nitrogens with one attached hydrogen (secondary N) is 2. The number of amides is 1. The molecule has 94 valence electrons. The van der Waals surface area contributed by atoms with Crippen LogP contribution in [0.4, 0.5) is 0 Å². The predicted octanol–water partition coefficient (Wildman–Crippen LogP) is 1.75. The minimum absolute atomic E-state index is 0.0237. The van der Waals surface area contributed by atoms with E-state index in [0.29, 0.717) is 6.54 Å². The summed E-state index contributed by atoms with van der Waals surface area (Å²) in [5.41, 5.74) is 0.0237. The number of hydrogen-bond acceptors (Lipinski definition) is 3. The highest BCUT2D eigenvalue weighted by Gasteiger charge is 2.26. The molecule has 0 saturated carbocycles. The Balaban J connectivity index is 1.87. The predicted molar refractivity (Wildman–Crippen MR) is 71.3 cm³/mol. The number of rotatable bonds is 4. The van der Waals surface area contributed by atoms with Gasteiger partial charge in [-0.25, -0.2) is 0 Å². The lowest BCUT2D eigenvalue weighted by Crippen LogP contribution is -2.39. The van der Waals surface area contributed by atoms with Crippen LogP contribution < -0.4 is 10.6 Å². The fraction of sp³-hybridized carbons (Fsp3) is 0.615. The average molecular weight is 252 g/mol. The van der Waals surface area contributed by atoms with Crippen LogP contribution in [0.2, 0.25) is 0 Å². The van der Waals surface area contributed by atoms with Crippen molar-refractivity contribution < 1.29 is 4.79 Å². The third-order valence-corrected chi connectivity index (χ3v) is 4.56. The van der Waals surface area contributed by atoms with Gasteiger partial charge in [0.15, 0.2) is 0 Å². The maximum absolute atomic E-state index is 11.9. The third kappa shape index (κ3) is 3.07. The van der Waals surface area contributed by atoms with E-state index in [4.69, 9.17) is 0 Å². The van der Waals surface area contributed by atoms with Crippen molar-refractivity contribution in [3.8, 4) is 0 Å². The first-order chi connectivity index (χ1) is 8.09. The van der Waals surface area contributed by atoms with Crippen LogP contribution in [-0.4, -0.2) is 25.5 Å². The second kappa shape index (κ2) is 5.19. The fourth-order valence-corrected chi connectivity index (χ4v) is 2.93. The molecule has 0 bridgehead atoms. The lowest BCUT2D eigenvalue weighted by molar-refractivity contribution is -0.124.